The Hall–Kier alpha value is -2.04. The molecule has 1 atom stereocenters. The molecule has 1 aliphatic carbocycles. The van der Waals surface area contributed by atoms with Crippen LogP contribution in [0.1, 0.15) is 58.4 Å². The van der Waals surface area contributed by atoms with Crippen molar-refractivity contribution in [3.05, 3.63) is 35.9 Å². The summed E-state index contributed by atoms with van der Waals surface area (Å²) < 4.78 is 10.9. The number of likely N-dealkylation sites (tertiary alicyclic amines) is 1. The molecule has 1 aromatic carbocycles. The summed E-state index contributed by atoms with van der Waals surface area (Å²) in [5, 5.41) is 0. The molecule has 0 aromatic heterocycles. The highest BCUT2D eigenvalue weighted by atomic mass is 16.6. The summed E-state index contributed by atoms with van der Waals surface area (Å²) in [6, 6.07) is 9.73. The Morgan fingerprint density at radius 3 is 2.50 bits per heavy atom. The minimum absolute atomic E-state index is 0.0663. The van der Waals surface area contributed by atoms with Crippen molar-refractivity contribution >= 4 is 12.1 Å². The molecular weight excluding hydrogens is 330 g/mol. The number of carbonyl (C=O) groups is 2. The highest BCUT2D eigenvalue weighted by molar-refractivity contribution is 5.71. The van der Waals surface area contributed by atoms with Gasteiger partial charge in [-0.15, -0.1) is 0 Å². The molecule has 142 valence electrons. The molecule has 2 fully saturated rings. The van der Waals surface area contributed by atoms with Gasteiger partial charge in [-0.25, -0.2) is 4.79 Å². The maximum Gasteiger partial charge on any atom is 0.410 e. The van der Waals surface area contributed by atoms with Crippen LogP contribution < -0.4 is 0 Å². The SMILES string of the molecule is CC(C)(C)OC(=O)N1CC2(CC2)C[C@H]1CCC(=O)OCc1ccccc1. The van der Waals surface area contributed by atoms with E-state index in [1.807, 2.05) is 56.0 Å². The van der Waals surface area contributed by atoms with E-state index in [0.29, 0.717) is 19.4 Å². The third-order valence-corrected chi connectivity index (χ3v) is 5.12. The highest BCUT2D eigenvalue weighted by Gasteiger charge is 2.53. The normalized spacial score (nSPS) is 20.9. The molecule has 1 saturated carbocycles. The van der Waals surface area contributed by atoms with Crippen LogP contribution in [-0.4, -0.2) is 35.2 Å². The van der Waals surface area contributed by atoms with Crippen molar-refractivity contribution in [1.82, 2.24) is 4.90 Å². The number of ether oxygens (including phenoxy) is 2. The standard InChI is InChI=1S/C21H29NO4/c1-20(2,3)26-19(24)22-15-21(11-12-21)13-17(22)9-10-18(23)25-14-16-7-5-4-6-8-16/h4-8,17H,9-15H2,1-3H3/t17-/m1/s1. The van der Waals surface area contributed by atoms with Crippen LogP contribution >= 0.6 is 0 Å². The van der Waals surface area contributed by atoms with Gasteiger partial charge in [-0.2, -0.15) is 0 Å². The molecule has 1 saturated heterocycles. The molecule has 1 spiro atoms. The topological polar surface area (TPSA) is 55.8 Å². The van der Waals surface area contributed by atoms with Crippen LogP contribution in [0.3, 0.4) is 0 Å². The fraction of sp³-hybridized carbons (Fsp3) is 0.619. The van der Waals surface area contributed by atoms with Crippen LogP contribution in [0.4, 0.5) is 4.79 Å². The lowest BCUT2D eigenvalue weighted by molar-refractivity contribution is -0.145. The zero-order chi connectivity index (χ0) is 18.8. The van der Waals surface area contributed by atoms with E-state index in [1.54, 1.807) is 0 Å². The molecule has 1 aliphatic heterocycles. The van der Waals surface area contributed by atoms with Gasteiger partial charge >= 0.3 is 12.1 Å². The predicted octanol–water partition coefficient (Wildman–Crippen LogP) is 4.30. The van der Waals surface area contributed by atoms with E-state index in [0.717, 1.165) is 18.5 Å². The van der Waals surface area contributed by atoms with Gasteiger partial charge in [0.15, 0.2) is 0 Å². The van der Waals surface area contributed by atoms with Gasteiger partial charge in [0.1, 0.15) is 12.2 Å². The van der Waals surface area contributed by atoms with E-state index in [-0.39, 0.29) is 23.5 Å². The van der Waals surface area contributed by atoms with E-state index in [9.17, 15) is 9.59 Å². The van der Waals surface area contributed by atoms with Gasteiger partial charge in [0.05, 0.1) is 0 Å². The first kappa shape index (κ1) is 18.7. The lowest BCUT2D eigenvalue weighted by Crippen LogP contribution is -2.40. The number of benzene rings is 1. The van der Waals surface area contributed by atoms with Gasteiger partial charge in [0, 0.05) is 19.0 Å². The summed E-state index contributed by atoms with van der Waals surface area (Å²) in [6.07, 6.45) is 4.01. The molecule has 0 unspecified atom stereocenters. The maximum atomic E-state index is 12.5. The number of hydrogen-bond donors (Lipinski definition) is 0. The van der Waals surface area contributed by atoms with Crippen molar-refractivity contribution in [2.24, 2.45) is 5.41 Å². The van der Waals surface area contributed by atoms with E-state index >= 15 is 0 Å². The number of rotatable bonds is 5. The molecule has 2 aliphatic rings. The summed E-state index contributed by atoms with van der Waals surface area (Å²) in [7, 11) is 0. The van der Waals surface area contributed by atoms with Crippen LogP contribution in [0.15, 0.2) is 30.3 Å². The summed E-state index contributed by atoms with van der Waals surface area (Å²) in [5.74, 6) is -0.213. The molecular formula is C21H29NO4. The molecule has 0 bridgehead atoms. The van der Waals surface area contributed by atoms with Gasteiger partial charge in [0.2, 0.25) is 0 Å². The largest absolute Gasteiger partial charge is 0.461 e. The van der Waals surface area contributed by atoms with E-state index in [1.165, 1.54) is 12.8 Å². The van der Waals surface area contributed by atoms with Crippen LogP contribution in [0.5, 0.6) is 0 Å². The van der Waals surface area contributed by atoms with E-state index in [2.05, 4.69) is 0 Å². The van der Waals surface area contributed by atoms with Gasteiger partial charge in [-0.3, -0.25) is 4.79 Å². The minimum Gasteiger partial charge on any atom is -0.461 e. The molecule has 1 aromatic rings. The van der Waals surface area contributed by atoms with Crippen molar-refractivity contribution < 1.29 is 19.1 Å². The fourth-order valence-electron chi connectivity index (χ4n) is 3.59. The molecule has 0 radical (unpaired) electrons. The van der Waals surface area contributed by atoms with Crippen molar-refractivity contribution in [3.8, 4) is 0 Å². The molecule has 3 rings (SSSR count). The zero-order valence-electron chi connectivity index (χ0n) is 16.0. The minimum atomic E-state index is -0.504. The molecule has 1 heterocycles. The Bertz CT molecular complexity index is 646. The van der Waals surface area contributed by atoms with Crippen LogP contribution in [-0.2, 0) is 20.9 Å². The third-order valence-electron chi connectivity index (χ3n) is 5.12. The van der Waals surface area contributed by atoms with E-state index < -0.39 is 5.60 Å². The number of carbonyl (C=O) groups excluding carboxylic acids is 2. The molecule has 5 nitrogen and oxygen atoms in total. The summed E-state index contributed by atoms with van der Waals surface area (Å²) >= 11 is 0. The summed E-state index contributed by atoms with van der Waals surface area (Å²) in [4.78, 5) is 26.5. The Balaban J connectivity index is 1.50. The highest BCUT2D eigenvalue weighted by Crippen LogP contribution is 2.55. The average Bonchev–Trinajstić information content (AvgIpc) is 3.22. The average molecular weight is 359 g/mol. The summed E-state index contributed by atoms with van der Waals surface area (Å²) in [6.45, 7) is 6.69. The number of esters is 1. The second-order valence-corrected chi connectivity index (χ2v) is 8.65. The van der Waals surface area contributed by atoms with Crippen molar-refractivity contribution in [3.63, 3.8) is 0 Å². The van der Waals surface area contributed by atoms with Crippen LogP contribution in [0.25, 0.3) is 0 Å². The molecule has 26 heavy (non-hydrogen) atoms. The fourth-order valence-corrected chi connectivity index (χ4v) is 3.59. The Morgan fingerprint density at radius 2 is 1.88 bits per heavy atom. The first-order valence-corrected chi connectivity index (χ1v) is 9.46. The Morgan fingerprint density at radius 1 is 1.19 bits per heavy atom. The quantitative estimate of drug-likeness (QED) is 0.736. The molecule has 1 amide bonds. The van der Waals surface area contributed by atoms with Crippen LogP contribution in [0.2, 0.25) is 0 Å². The first-order valence-electron chi connectivity index (χ1n) is 9.46. The molecule has 0 N–H and O–H groups in total. The molecule has 5 heteroatoms. The second-order valence-electron chi connectivity index (χ2n) is 8.65. The van der Waals surface area contributed by atoms with E-state index in [4.69, 9.17) is 9.47 Å². The summed E-state index contributed by atoms with van der Waals surface area (Å²) in [5.41, 5.74) is 0.749. The number of amides is 1. The Labute approximate surface area is 155 Å². The lowest BCUT2D eigenvalue weighted by Gasteiger charge is -2.28. The van der Waals surface area contributed by atoms with Gasteiger partial charge in [0.25, 0.3) is 0 Å². The van der Waals surface area contributed by atoms with Gasteiger partial charge in [-0.1, -0.05) is 30.3 Å². The predicted molar refractivity (Wildman–Crippen MR) is 98.5 cm³/mol. The maximum absolute atomic E-state index is 12.5. The van der Waals surface area contributed by atoms with Crippen molar-refractivity contribution in [1.29, 1.82) is 0 Å². The Kier molecular flexibility index (Phi) is 5.26. The smallest absolute Gasteiger partial charge is 0.410 e. The third kappa shape index (κ3) is 4.99. The number of hydrogen-bond acceptors (Lipinski definition) is 4. The van der Waals surface area contributed by atoms with Crippen molar-refractivity contribution in [2.75, 3.05) is 6.54 Å². The zero-order valence-corrected chi connectivity index (χ0v) is 16.0. The van der Waals surface area contributed by atoms with Gasteiger partial charge in [-0.05, 0) is 57.4 Å². The first-order chi connectivity index (χ1) is 12.3. The van der Waals surface area contributed by atoms with Crippen LogP contribution in [0, 0.1) is 5.41 Å². The monoisotopic (exact) mass is 359 g/mol. The number of nitrogens with zero attached hydrogens (tertiary/aromatic N) is 1. The van der Waals surface area contributed by atoms with Crippen molar-refractivity contribution in [2.45, 2.75) is 71.1 Å². The second kappa shape index (κ2) is 7.29. The lowest BCUT2D eigenvalue weighted by atomic mass is 10.0. The van der Waals surface area contributed by atoms with Gasteiger partial charge < -0.3 is 14.4 Å².